The molecule has 0 unspecified atom stereocenters. The van der Waals surface area contributed by atoms with Crippen LogP contribution in [0.15, 0.2) is 78.9 Å². The molecule has 0 bridgehead atoms. The van der Waals surface area contributed by atoms with E-state index < -0.39 is 0 Å². The fourth-order valence-electron chi connectivity index (χ4n) is 5.11. The van der Waals surface area contributed by atoms with Gasteiger partial charge < -0.3 is 14.5 Å². The molecule has 0 fully saturated rings. The third kappa shape index (κ3) is 6.25. The van der Waals surface area contributed by atoms with Crippen LogP contribution in [-0.4, -0.2) is 43.0 Å². The van der Waals surface area contributed by atoms with E-state index in [0.717, 1.165) is 48.0 Å². The van der Waals surface area contributed by atoms with Crippen molar-refractivity contribution in [3.63, 3.8) is 0 Å². The Labute approximate surface area is 236 Å². The van der Waals surface area contributed by atoms with Gasteiger partial charge in [-0.25, -0.2) is 0 Å². The Kier molecular flexibility index (Phi) is 9.38. The third-order valence-electron chi connectivity index (χ3n) is 7.29. The van der Waals surface area contributed by atoms with E-state index in [9.17, 15) is 14.4 Å². The molecule has 40 heavy (non-hydrogen) atoms. The second-order valence-corrected chi connectivity index (χ2v) is 9.95. The molecule has 7 heteroatoms. The van der Waals surface area contributed by atoms with Gasteiger partial charge in [-0.05, 0) is 62.2 Å². The van der Waals surface area contributed by atoms with Gasteiger partial charge >= 0.3 is 0 Å². The van der Waals surface area contributed by atoms with Crippen molar-refractivity contribution in [3.05, 3.63) is 90.1 Å². The molecule has 0 N–H and O–H groups in total. The zero-order chi connectivity index (χ0) is 28.6. The standard InChI is InChI=1S/C33H37N3O4/c1-24-32(29-23-28(40-4)20-21-30(29)36(24)33(39)26-15-9-7-10-16-26)35(25(2)37)22-14-6-5-13-19-31(38)34(3)27-17-11-8-12-18-27/h7-12,15-18,20-21,23H,5-6,13-14,19,22H2,1-4H3. The van der Waals surface area contributed by atoms with E-state index >= 15 is 0 Å². The molecule has 1 heterocycles. The maximum absolute atomic E-state index is 13.6. The number of nitrogens with zero attached hydrogens (tertiary/aromatic N) is 3. The molecule has 0 aliphatic rings. The van der Waals surface area contributed by atoms with Gasteiger partial charge in [-0.1, -0.05) is 49.2 Å². The first-order valence-corrected chi connectivity index (χ1v) is 13.7. The summed E-state index contributed by atoms with van der Waals surface area (Å²) >= 11 is 0. The number of unbranched alkanes of at least 4 members (excludes halogenated alkanes) is 3. The van der Waals surface area contributed by atoms with Gasteiger partial charge in [0.1, 0.15) is 5.75 Å². The van der Waals surface area contributed by atoms with Crippen molar-refractivity contribution in [1.29, 1.82) is 0 Å². The molecule has 0 radical (unpaired) electrons. The fraction of sp³-hybridized carbons (Fsp3) is 0.303. The van der Waals surface area contributed by atoms with Gasteiger partial charge in [-0.15, -0.1) is 0 Å². The summed E-state index contributed by atoms with van der Waals surface area (Å²) in [6.45, 7) is 3.96. The maximum atomic E-state index is 13.6. The van der Waals surface area contributed by atoms with Crippen LogP contribution in [0.25, 0.3) is 10.9 Å². The zero-order valence-corrected chi connectivity index (χ0v) is 23.7. The van der Waals surface area contributed by atoms with E-state index in [-0.39, 0.29) is 17.7 Å². The van der Waals surface area contributed by atoms with Crippen molar-refractivity contribution < 1.29 is 19.1 Å². The quantitative estimate of drug-likeness (QED) is 0.201. The van der Waals surface area contributed by atoms with E-state index in [1.165, 1.54) is 0 Å². The van der Waals surface area contributed by atoms with Crippen molar-refractivity contribution in [3.8, 4) is 5.75 Å². The number of benzene rings is 3. The smallest absolute Gasteiger partial charge is 0.262 e. The number of methoxy groups -OCH3 is 1. The average molecular weight is 540 g/mol. The molecule has 4 aromatic rings. The number of amides is 2. The molecular formula is C33H37N3O4. The number of hydrogen-bond donors (Lipinski definition) is 0. The van der Waals surface area contributed by atoms with E-state index in [0.29, 0.717) is 30.0 Å². The number of aromatic nitrogens is 1. The first kappa shape index (κ1) is 28.6. The van der Waals surface area contributed by atoms with Gasteiger partial charge in [0.2, 0.25) is 11.8 Å². The normalized spacial score (nSPS) is 10.9. The van der Waals surface area contributed by atoms with Crippen molar-refractivity contribution >= 4 is 40.0 Å². The number of carbonyl (C=O) groups excluding carboxylic acids is 3. The van der Waals surface area contributed by atoms with Crippen molar-refractivity contribution in [2.24, 2.45) is 0 Å². The second-order valence-electron chi connectivity index (χ2n) is 9.95. The van der Waals surface area contributed by atoms with Crippen LogP contribution in [0.5, 0.6) is 5.75 Å². The molecule has 7 nitrogen and oxygen atoms in total. The number of ether oxygens (including phenoxy) is 1. The van der Waals surface area contributed by atoms with Crippen LogP contribution in [0.3, 0.4) is 0 Å². The molecule has 4 rings (SSSR count). The molecule has 3 aromatic carbocycles. The summed E-state index contributed by atoms with van der Waals surface area (Å²) < 4.78 is 7.16. The van der Waals surface area contributed by atoms with Crippen molar-refractivity contribution in [2.45, 2.75) is 46.0 Å². The van der Waals surface area contributed by atoms with Gasteiger partial charge in [0.05, 0.1) is 18.3 Å². The highest BCUT2D eigenvalue weighted by atomic mass is 16.5. The molecule has 2 amide bonds. The van der Waals surface area contributed by atoms with Crippen LogP contribution < -0.4 is 14.5 Å². The summed E-state index contributed by atoms with van der Waals surface area (Å²) in [5.41, 5.74) is 3.63. The van der Waals surface area contributed by atoms with Crippen LogP contribution in [0, 0.1) is 6.92 Å². The minimum absolute atomic E-state index is 0.0863. The Morgan fingerprint density at radius 2 is 1.50 bits per heavy atom. The van der Waals surface area contributed by atoms with Crippen LogP contribution in [0.1, 0.15) is 55.1 Å². The molecule has 0 saturated carbocycles. The topological polar surface area (TPSA) is 71.8 Å². The summed E-state index contributed by atoms with van der Waals surface area (Å²) in [5, 5.41) is 0.797. The fourth-order valence-corrected chi connectivity index (χ4v) is 5.11. The van der Waals surface area contributed by atoms with E-state index in [4.69, 9.17) is 4.74 Å². The lowest BCUT2D eigenvalue weighted by Gasteiger charge is -2.22. The number of rotatable bonds is 11. The summed E-state index contributed by atoms with van der Waals surface area (Å²) in [4.78, 5) is 42.5. The predicted molar refractivity (Wildman–Crippen MR) is 160 cm³/mol. The first-order valence-electron chi connectivity index (χ1n) is 13.7. The monoisotopic (exact) mass is 539 g/mol. The molecular weight excluding hydrogens is 502 g/mol. The summed E-state index contributed by atoms with van der Waals surface area (Å²) in [5.74, 6) is 0.522. The summed E-state index contributed by atoms with van der Waals surface area (Å²) in [6, 6.07) is 24.4. The van der Waals surface area contributed by atoms with Gasteiger partial charge in [-0.3, -0.25) is 19.0 Å². The van der Waals surface area contributed by atoms with Gasteiger partial charge in [0.25, 0.3) is 5.91 Å². The number of anilines is 2. The van der Waals surface area contributed by atoms with Crippen molar-refractivity contribution in [1.82, 2.24) is 4.57 Å². The molecule has 0 aliphatic carbocycles. The van der Waals surface area contributed by atoms with Crippen LogP contribution >= 0.6 is 0 Å². The van der Waals surface area contributed by atoms with Crippen molar-refractivity contribution in [2.75, 3.05) is 30.5 Å². The molecule has 208 valence electrons. The Morgan fingerprint density at radius 3 is 2.15 bits per heavy atom. The lowest BCUT2D eigenvalue weighted by molar-refractivity contribution is -0.118. The minimum Gasteiger partial charge on any atom is -0.497 e. The highest BCUT2D eigenvalue weighted by Crippen LogP contribution is 2.37. The maximum Gasteiger partial charge on any atom is 0.262 e. The minimum atomic E-state index is -0.145. The number of para-hydroxylation sites is 1. The van der Waals surface area contributed by atoms with Crippen LogP contribution in [-0.2, 0) is 9.59 Å². The van der Waals surface area contributed by atoms with Crippen LogP contribution in [0.4, 0.5) is 11.4 Å². The van der Waals surface area contributed by atoms with Gasteiger partial charge in [-0.2, -0.15) is 0 Å². The lowest BCUT2D eigenvalue weighted by Crippen LogP contribution is -2.30. The third-order valence-corrected chi connectivity index (χ3v) is 7.29. The number of carbonyl (C=O) groups is 3. The Balaban J connectivity index is 1.47. The summed E-state index contributed by atoms with van der Waals surface area (Å²) in [6.07, 6.45) is 3.83. The Morgan fingerprint density at radius 1 is 0.850 bits per heavy atom. The number of fused-ring (bicyclic) bond motifs is 1. The van der Waals surface area contributed by atoms with E-state index in [1.807, 2.05) is 73.7 Å². The van der Waals surface area contributed by atoms with Gasteiger partial charge in [0, 0.05) is 49.3 Å². The summed E-state index contributed by atoms with van der Waals surface area (Å²) in [7, 11) is 3.41. The molecule has 0 spiro atoms. The molecule has 0 atom stereocenters. The SMILES string of the molecule is COc1ccc2c(c1)c(N(CCCCCCC(=O)N(C)c1ccccc1)C(C)=O)c(C)n2C(=O)c1ccccc1. The first-order chi connectivity index (χ1) is 19.3. The highest BCUT2D eigenvalue weighted by Gasteiger charge is 2.25. The second kappa shape index (κ2) is 13.1. The van der Waals surface area contributed by atoms with Crippen LogP contribution in [0.2, 0.25) is 0 Å². The van der Waals surface area contributed by atoms with Gasteiger partial charge in [0.15, 0.2) is 0 Å². The molecule has 0 aliphatic heterocycles. The Hall–Kier alpha value is -4.39. The van der Waals surface area contributed by atoms with E-state index in [2.05, 4.69) is 0 Å². The molecule has 0 saturated heterocycles. The molecule has 1 aromatic heterocycles. The predicted octanol–water partition coefficient (Wildman–Crippen LogP) is 6.61. The zero-order valence-electron chi connectivity index (χ0n) is 23.7. The highest BCUT2D eigenvalue weighted by molar-refractivity contribution is 6.11. The average Bonchev–Trinajstić information content (AvgIpc) is 3.26. The van der Waals surface area contributed by atoms with E-state index in [1.54, 1.807) is 47.6 Å². The number of hydrogen-bond acceptors (Lipinski definition) is 4. The lowest BCUT2D eigenvalue weighted by atomic mass is 10.1. The largest absolute Gasteiger partial charge is 0.497 e. The Bertz CT molecular complexity index is 1480.